The largest absolute Gasteiger partial charge is 0.456 e. The van der Waals surface area contributed by atoms with Gasteiger partial charge in [-0.2, -0.15) is 0 Å². The predicted octanol–water partition coefficient (Wildman–Crippen LogP) is 5.01. The maximum Gasteiger partial charge on any atom is 0.140 e. The number of anilines is 1. The quantitative estimate of drug-likeness (QED) is 0.596. The van der Waals surface area contributed by atoms with Crippen LogP contribution in [-0.4, -0.2) is 0 Å². The van der Waals surface area contributed by atoms with Crippen molar-refractivity contribution in [2.24, 2.45) is 0 Å². The monoisotopic (exact) mass is 367 g/mol. The van der Waals surface area contributed by atoms with Crippen LogP contribution in [0.1, 0.15) is 25.3 Å². The van der Waals surface area contributed by atoms with Crippen LogP contribution in [0.5, 0.6) is 11.5 Å². The Hall–Kier alpha value is -1.23. The van der Waals surface area contributed by atoms with Gasteiger partial charge in [0.05, 0.1) is 3.57 Å². The summed E-state index contributed by atoms with van der Waals surface area (Å²) in [5.74, 6) is 1.71. The van der Waals surface area contributed by atoms with Crippen LogP contribution < -0.4 is 10.5 Å². The van der Waals surface area contributed by atoms with E-state index in [-0.39, 0.29) is 0 Å². The minimum atomic E-state index is 0.756. The van der Waals surface area contributed by atoms with Gasteiger partial charge in [0.1, 0.15) is 11.5 Å². The molecule has 0 aliphatic rings. The summed E-state index contributed by atoms with van der Waals surface area (Å²) < 4.78 is 6.88. The van der Waals surface area contributed by atoms with Gasteiger partial charge in [-0.15, -0.1) is 0 Å². The molecule has 0 fully saturated rings. The summed E-state index contributed by atoms with van der Waals surface area (Å²) >= 11 is 2.23. The first-order valence-corrected chi connectivity index (χ1v) is 7.58. The first-order chi connectivity index (χ1) is 9.19. The third kappa shape index (κ3) is 4.13. The molecule has 0 amide bonds. The van der Waals surface area contributed by atoms with Gasteiger partial charge in [-0.05, 0) is 71.3 Å². The molecule has 0 aliphatic heterocycles. The number of nitrogen functional groups attached to an aromatic ring is 1. The third-order valence-electron chi connectivity index (χ3n) is 2.93. The summed E-state index contributed by atoms with van der Waals surface area (Å²) in [6.45, 7) is 2.21. The second-order valence-electron chi connectivity index (χ2n) is 4.54. The first kappa shape index (κ1) is 14.2. The number of benzene rings is 2. The van der Waals surface area contributed by atoms with E-state index in [1.165, 1.54) is 18.4 Å². The van der Waals surface area contributed by atoms with Crippen molar-refractivity contribution in [3.8, 4) is 11.5 Å². The molecule has 0 saturated heterocycles. The van der Waals surface area contributed by atoms with Gasteiger partial charge in [0.15, 0.2) is 0 Å². The molecule has 0 aromatic heterocycles. The maximum atomic E-state index is 5.86. The molecule has 0 heterocycles. The molecule has 2 N–H and O–H groups in total. The Morgan fingerprint density at radius 1 is 1.11 bits per heavy atom. The molecule has 0 radical (unpaired) electrons. The van der Waals surface area contributed by atoms with Crippen LogP contribution in [0.4, 0.5) is 5.69 Å². The number of unbranched alkanes of at least 4 members (excludes halogenated alkanes) is 1. The lowest BCUT2D eigenvalue weighted by Gasteiger charge is -2.09. The molecule has 0 bridgehead atoms. The molecule has 0 atom stereocenters. The fourth-order valence-electron chi connectivity index (χ4n) is 1.83. The highest BCUT2D eigenvalue weighted by Crippen LogP contribution is 2.28. The van der Waals surface area contributed by atoms with Gasteiger partial charge in [-0.3, -0.25) is 0 Å². The lowest BCUT2D eigenvalue weighted by molar-refractivity contribution is 0.479. The number of ether oxygens (including phenoxy) is 1. The van der Waals surface area contributed by atoms with E-state index in [1.54, 1.807) is 0 Å². The number of hydrogen-bond acceptors (Lipinski definition) is 2. The Kier molecular flexibility index (Phi) is 5.07. The van der Waals surface area contributed by atoms with Crippen molar-refractivity contribution in [2.75, 3.05) is 5.73 Å². The topological polar surface area (TPSA) is 35.2 Å². The van der Waals surface area contributed by atoms with Crippen molar-refractivity contribution in [3.63, 3.8) is 0 Å². The normalized spacial score (nSPS) is 10.4. The molecule has 3 heteroatoms. The minimum absolute atomic E-state index is 0.756. The fraction of sp³-hybridized carbons (Fsp3) is 0.250. The number of rotatable bonds is 5. The van der Waals surface area contributed by atoms with Gasteiger partial charge < -0.3 is 10.5 Å². The molecule has 0 spiro atoms. The summed E-state index contributed by atoms with van der Waals surface area (Å²) in [6, 6.07) is 14.0. The van der Waals surface area contributed by atoms with Crippen molar-refractivity contribution in [3.05, 3.63) is 51.6 Å². The Balaban J connectivity index is 2.06. The van der Waals surface area contributed by atoms with E-state index in [0.29, 0.717) is 0 Å². The molecule has 2 rings (SSSR count). The Morgan fingerprint density at radius 3 is 2.47 bits per heavy atom. The van der Waals surface area contributed by atoms with Crippen molar-refractivity contribution in [2.45, 2.75) is 26.2 Å². The molecular formula is C16H18INO. The van der Waals surface area contributed by atoms with E-state index in [1.807, 2.05) is 30.3 Å². The summed E-state index contributed by atoms with van der Waals surface area (Å²) in [4.78, 5) is 0. The van der Waals surface area contributed by atoms with Crippen LogP contribution >= 0.6 is 22.6 Å². The number of halogens is 1. The van der Waals surface area contributed by atoms with Crippen LogP contribution in [-0.2, 0) is 6.42 Å². The fourth-order valence-corrected chi connectivity index (χ4v) is 2.48. The van der Waals surface area contributed by atoms with E-state index >= 15 is 0 Å². The highest BCUT2D eigenvalue weighted by Gasteiger charge is 2.03. The zero-order valence-electron chi connectivity index (χ0n) is 11.0. The lowest BCUT2D eigenvalue weighted by Crippen LogP contribution is -1.91. The average molecular weight is 367 g/mol. The molecule has 0 unspecified atom stereocenters. The Morgan fingerprint density at radius 2 is 1.84 bits per heavy atom. The third-order valence-corrected chi connectivity index (χ3v) is 3.77. The lowest BCUT2D eigenvalue weighted by atomic mass is 10.1. The molecule has 2 aromatic rings. The van der Waals surface area contributed by atoms with Gasteiger partial charge in [0.25, 0.3) is 0 Å². The highest BCUT2D eigenvalue weighted by atomic mass is 127. The first-order valence-electron chi connectivity index (χ1n) is 6.51. The summed E-state index contributed by atoms with van der Waals surface area (Å²) in [6.07, 6.45) is 3.59. The van der Waals surface area contributed by atoms with Crippen LogP contribution in [0.3, 0.4) is 0 Å². The van der Waals surface area contributed by atoms with Gasteiger partial charge in [0, 0.05) is 5.69 Å². The van der Waals surface area contributed by atoms with E-state index in [9.17, 15) is 0 Å². The Bertz CT molecular complexity index is 537. The van der Waals surface area contributed by atoms with Crippen molar-refractivity contribution in [1.29, 1.82) is 0 Å². The standard InChI is InChI=1S/C16H18INO/c1-2-3-4-12-5-8-14(9-6-12)19-16-10-7-13(18)11-15(16)17/h5-11H,2-4,18H2,1H3. The predicted molar refractivity (Wildman–Crippen MR) is 88.7 cm³/mol. The zero-order valence-corrected chi connectivity index (χ0v) is 13.2. The van der Waals surface area contributed by atoms with E-state index < -0.39 is 0 Å². The van der Waals surface area contributed by atoms with Crippen molar-refractivity contribution >= 4 is 28.3 Å². The van der Waals surface area contributed by atoms with Gasteiger partial charge in [-0.25, -0.2) is 0 Å². The minimum Gasteiger partial charge on any atom is -0.456 e. The van der Waals surface area contributed by atoms with E-state index in [4.69, 9.17) is 10.5 Å². The summed E-state index contributed by atoms with van der Waals surface area (Å²) in [5, 5.41) is 0. The number of hydrogen-bond donors (Lipinski definition) is 1. The molecular weight excluding hydrogens is 349 g/mol. The molecule has 2 aromatic carbocycles. The highest BCUT2D eigenvalue weighted by molar-refractivity contribution is 14.1. The van der Waals surface area contributed by atoms with Gasteiger partial charge in [-0.1, -0.05) is 25.5 Å². The molecule has 0 aliphatic carbocycles. The van der Waals surface area contributed by atoms with Crippen molar-refractivity contribution < 1.29 is 4.74 Å². The molecule has 0 saturated carbocycles. The SMILES string of the molecule is CCCCc1ccc(Oc2ccc(N)cc2I)cc1. The molecule has 19 heavy (non-hydrogen) atoms. The second-order valence-corrected chi connectivity index (χ2v) is 5.70. The maximum absolute atomic E-state index is 5.86. The summed E-state index contributed by atoms with van der Waals surface area (Å²) in [5.41, 5.74) is 7.85. The van der Waals surface area contributed by atoms with Crippen LogP contribution in [0.15, 0.2) is 42.5 Å². The zero-order chi connectivity index (χ0) is 13.7. The van der Waals surface area contributed by atoms with Gasteiger partial charge in [0.2, 0.25) is 0 Å². The summed E-state index contributed by atoms with van der Waals surface area (Å²) in [7, 11) is 0. The second kappa shape index (κ2) is 6.80. The Labute approximate surface area is 128 Å². The van der Waals surface area contributed by atoms with Gasteiger partial charge >= 0.3 is 0 Å². The van der Waals surface area contributed by atoms with Crippen LogP contribution in [0, 0.1) is 3.57 Å². The van der Waals surface area contributed by atoms with E-state index in [0.717, 1.165) is 27.2 Å². The number of aryl methyl sites for hydroxylation is 1. The van der Waals surface area contributed by atoms with Crippen molar-refractivity contribution in [1.82, 2.24) is 0 Å². The molecule has 100 valence electrons. The van der Waals surface area contributed by atoms with Crippen LogP contribution in [0.2, 0.25) is 0 Å². The van der Waals surface area contributed by atoms with E-state index in [2.05, 4.69) is 41.6 Å². The van der Waals surface area contributed by atoms with Crippen LogP contribution in [0.25, 0.3) is 0 Å². The number of nitrogens with two attached hydrogens (primary N) is 1. The average Bonchev–Trinajstić information content (AvgIpc) is 2.41. The molecule has 2 nitrogen and oxygen atoms in total. The smallest absolute Gasteiger partial charge is 0.140 e.